The number of nitrogen functional groups attached to an aromatic ring is 1. The molecule has 0 amide bonds. The summed E-state index contributed by atoms with van der Waals surface area (Å²) in [4.78, 5) is 5.18. The van der Waals surface area contributed by atoms with Gasteiger partial charge in [0.25, 0.3) is 5.19 Å². The van der Waals surface area contributed by atoms with Gasteiger partial charge in [0.2, 0.25) is 0 Å². The van der Waals surface area contributed by atoms with Gasteiger partial charge in [-0.25, -0.2) is 4.98 Å². The molecule has 2 aromatic heterocycles. The van der Waals surface area contributed by atoms with Crippen molar-refractivity contribution in [2.24, 2.45) is 0 Å². The number of rotatable bonds is 3. The zero-order valence-corrected chi connectivity index (χ0v) is 8.40. The Hall–Kier alpha value is -1.07. The molecule has 0 aliphatic rings. The van der Waals surface area contributed by atoms with Gasteiger partial charge in [0.1, 0.15) is 11.6 Å². The van der Waals surface area contributed by atoms with E-state index >= 15 is 0 Å². The van der Waals surface area contributed by atoms with Crippen LogP contribution in [0.1, 0.15) is 4.88 Å². The fourth-order valence-corrected chi connectivity index (χ4v) is 2.01. The Morgan fingerprint density at radius 1 is 1.54 bits per heavy atom. The third-order valence-electron chi connectivity index (χ3n) is 1.42. The molecule has 2 rings (SSSR count). The van der Waals surface area contributed by atoms with Crippen molar-refractivity contribution >= 4 is 27.7 Å². The average molecular weight is 212 g/mol. The van der Waals surface area contributed by atoms with E-state index in [1.54, 1.807) is 17.5 Å². The van der Waals surface area contributed by atoms with Crippen molar-refractivity contribution in [1.29, 1.82) is 0 Å². The van der Waals surface area contributed by atoms with Crippen molar-refractivity contribution in [3.63, 3.8) is 0 Å². The summed E-state index contributed by atoms with van der Waals surface area (Å²) in [6, 6.07) is 4.03. The van der Waals surface area contributed by atoms with E-state index in [1.165, 1.54) is 16.2 Å². The number of thiazole rings is 1. The predicted molar refractivity (Wildman–Crippen MR) is 55.2 cm³/mol. The standard InChI is InChI=1S/C8H8N2OS2/c9-7-4-10-8(13-7)11-5-6-2-1-3-12-6/h1-4H,5,9H2. The molecule has 68 valence electrons. The van der Waals surface area contributed by atoms with E-state index in [1.807, 2.05) is 17.5 Å². The first kappa shape index (κ1) is 8.52. The Balaban J connectivity index is 1.93. The fourth-order valence-electron chi connectivity index (χ4n) is 0.864. The zero-order chi connectivity index (χ0) is 9.10. The molecule has 0 bridgehead atoms. The maximum absolute atomic E-state index is 5.51. The Labute approximate surface area is 83.8 Å². The number of thiophene rings is 1. The molecule has 0 fully saturated rings. The monoisotopic (exact) mass is 212 g/mol. The molecule has 13 heavy (non-hydrogen) atoms. The van der Waals surface area contributed by atoms with Gasteiger partial charge in [-0.15, -0.1) is 11.3 Å². The molecule has 0 saturated heterocycles. The van der Waals surface area contributed by atoms with Crippen LogP contribution in [-0.4, -0.2) is 4.98 Å². The lowest BCUT2D eigenvalue weighted by Crippen LogP contribution is -1.91. The van der Waals surface area contributed by atoms with Gasteiger partial charge in [-0.1, -0.05) is 17.4 Å². The quantitative estimate of drug-likeness (QED) is 0.849. The van der Waals surface area contributed by atoms with Crippen molar-refractivity contribution < 1.29 is 4.74 Å². The molecule has 5 heteroatoms. The smallest absolute Gasteiger partial charge is 0.275 e. The molecule has 3 nitrogen and oxygen atoms in total. The number of nitrogens with zero attached hydrogens (tertiary/aromatic N) is 1. The molecule has 0 saturated carbocycles. The molecular weight excluding hydrogens is 204 g/mol. The molecule has 0 aliphatic carbocycles. The second-order valence-electron chi connectivity index (χ2n) is 2.40. The minimum absolute atomic E-state index is 0.574. The average Bonchev–Trinajstić information content (AvgIpc) is 2.71. The Kier molecular flexibility index (Phi) is 2.47. The van der Waals surface area contributed by atoms with Crippen molar-refractivity contribution in [3.05, 3.63) is 28.6 Å². The van der Waals surface area contributed by atoms with Crippen LogP contribution >= 0.6 is 22.7 Å². The second kappa shape index (κ2) is 3.76. The van der Waals surface area contributed by atoms with Crippen molar-refractivity contribution in [2.75, 3.05) is 5.73 Å². The summed E-state index contributed by atoms with van der Waals surface area (Å²) < 4.78 is 5.41. The van der Waals surface area contributed by atoms with E-state index in [-0.39, 0.29) is 0 Å². The summed E-state index contributed by atoms with van der Waals surface area (Å²) in [6.07, 6.45) is 1.61. The highest BCUT2D eigenvalue weighted by Crippen LogP contribution is 2.23. The molecule has 0 radical (unpaired) electrons. The molecule has 0 aromatic carbocycles. The van der Waals surface area contributed by atoms with E-state index in [4.69, 9.17) is 10.5 Å². The van der Waals surface area contributed by atoms with Crippen molar-refractivity contribution in [3.8, 4) is 5.19 Å². The van der Waals surface area contributed by atoms with Gasteiger partial charge in [-0.3, -0.25) is 0 Å². The minimum atomic E-state index is 0.574. The third kappa shape index (κ3) is 2.19. The Morgan fingerprint density at radius 2 is 2.46 bits per heavy atom. The maximum Gasteiger partial charge on any atom is 0.275 e. The third-order valence-corrected chi connectivity index (χ3v) is 3.01. The van der Waals surface area contributed by atoms with Crippen LogP contribution in [0.25, 0.3) is 0 Å². The summed E-state index contributed by atoms with van der Waals surface area (Å²) in [5.74, 6) is 0. The summed E-state index contributed by atoms with van der Waals surface area (Å²) >= 11 is 3.03. The van der Waals surface area contributed by atoms with E-state index in [0.29, 0.717) is 16.8 Å². The van der Waals surface area contributed by atoms with Crippen LogP contribution in [-0.2, 0) is 6.61 Å². The summed E-state index contributed by atoms with van der Waals surface area (Å²) in [5.41, 5.74) is 5.51. The van der Waals surface area contributed by atoms with Crippen LogP contribution in [0.5, 0.6) is 5.19 Å². The predicted octanol–water partition coefficient (Wildman–Crippen LogP) is 2.37. The van der Waals surface area contributed by atoms with Gasteiger partial charge >= 0.3 is 0 Å². The lowest BCUT2D eigenvalue weighted by molar-refractivity contribution is 0.308. The largest absolute Gasteiger partial charge is 0.464 e. The van der Waals surface area contributed by atoms with Gasteiger partial charge in [-0.05, 0) is 11.4 Å². The summed E-state index contributed by atoms with van der Waals surface area (Å²) in [6.45, 7) is 0.574. The van der Waals surface area contributed by atoms with Gasteiger partial charge in [0.15, 0.2) is 0 Å². The number of anilines is 1. The molecule has 0 aliphatic heterocycles. The first-order chi connectivity index (χ1) is 6.34. The van der Waals surface area contributed by atoms with Gasteiger partial charge in [-0.2, -0.15) is 0 Å². The van der Waals surface area contributed by atoms with Crippen molar-refractivity contribution in [2.45, 2.75) is 6.61 Å². The van der Waals surface area contributed by atoms with Crippen LogP contribution < -0.4 is 10.5 Å². The minimum Gasteiger partial charge on any atom is -0.464 e. The molecule has 2 heterocycles. The van der Waals surface area contributed by atoms with Crippen LogP contribution in [0, 0.1) is 0 Å². The van der Waals surface area contributed by atoms with Crippen LogP contribution in [0.4, 0.5) is 5.00 Å². The normalized spacial score (nSPS) is 10.2. The van der Waals surface area contributed by atoms with E-state index < -0.39 is 0 Å². The SMILES string of the molecule is Nc1cnc(OCc2cccs2)s1. The maximum atomic E-state index is 5.51. The number of hydrogen-bond donors (Lipinski definition) is 1. The van der Waals surface area contributed by atoms with E-state index in [2.05, 4.69) is 4.98 Å². The first-order valence-electron chi connectivity index (χ1n) is 3.71. The first-order valence-corrected chi connectivity index (χ1v) is 5.41. The number of nitrogens with two attached hydrogens (primary N) is 1. The summed E-state index contributed by atoms with van der Waals surface area (Å²) in [5, 5.41) is 3.33. The van der Waals surface area contributed by atoms with Gasteiger partial charge < -0.3 is 10.5 Å². The molecule has 0 spiro atoms. The van der Waals surface area contributed by atoms with E-state index in [9.17, 15) is 0 Å². The fraction of sp³-hybridized carbons (Fsp3) is 0.125. The molecule has 0 unspecified atom stereocenters. The van der Waals surface area contributed by atoms with Gasteiger partial charge in [0, 0.05) is 4.88 Å². The lowest BCUT2D eigenvalue weighted by atomic mass is 10.5. The van der Waals surface area contributed by atoms with Crippen molar-refractivity contribution in [1.82, 2.24) is 4.98 Å². The number of aromatic nitrogens is 1. The zero-order valence-electron chi connectivity index (χ0n) is 6.77. The van der Waals surface area contributed by atoms with Crippen LogP contribution in [0.3, 0.4) is 0 Å². The molecule has 2 N–H and O–H groups in total. The second-order valence-corrected chi connectivity index (χ2v) is 4.45. The Morgan fingerprint density at radius 3 is 3.08 bits per heavy atom. The van der Waals surface area contributed by atoms with Crippen LogP contribution in [0.2, 0.25) is 0 Å². The highest BCUT2D eigenvalue weighted by molar-refractivity contribution is 7.17. The molecular formula is C8H8N2OS2. The topological polar surface area (TPSA) is 48.1 Å². The Bertz CT molecular complexity index is 369. The number of ether oxygens (including phenoxy) is 1. The van der Waals surface area contributed by atoms with Gasteiger partial charge in [0.05, 0.1) is 6.20 Å². The highest BCUT2D eigenvalue weighted by atomic mass is 32.1. The van der Waals surface area contributed by atoms with Crippen LogP contribution in [0.15, 0.2) is 23.7 Å². The molecule has 2 aromatic rings. The molecule has 0 atom stereocenters. The summed E-state index contributed by atoms with van der Waals surface area (Å²) in [7, 11) is 0. The highest BCUT2D eigenvalue weighted by Gasteiger charge is 2.00. The lowest BCUT2D eigenvalue weighted by Gasteiger charge is -1.97. The van der Waals surface area contributed by atoms with E-state index in [0.717, 1.165) is 0 Å². The number of hydrogen-bond acceptors (Lipinski definition) is 5.